The number of hydrogen-bond donors (Lipinski definition) is 1. The molecule has 3 saturated carbocycles. The van der Waals surface area contributed by atoms with Crippen LogP contribution in [0.25, 0.3) is 0 Å². The van der Waals surface area contributed by atoms with E-state index in [1.807, 2.05) is 0 Å². The lowest BCUT2D eigenvalue weighted by Crippen LogP contribution is -2.41. The highest BCUT2D eigenvalue weighted by Gasteiger charge is 2.58. The molecule has 4 aliphatic rings. The van der Waals surface area contributed by atoms with Crippen LogP contribution in [0.15, 0.2) is 0 Å². The highest BCUT2D eigenvalue weighted by molar-refractivity contribution is 7.91. The third-order valence-electron chi connectivity index (χ3n) is 5.83. The molecule has 3 nitrogen and oxygen atoms in total. The summed E-state index contributed by atoms with van der Waals surface area (Å²) in [5, 5.41) is 3.69. The van der Waals surface area contributed by atoms with Crippen LogP contribution < -0.4 is 5.32 Å². The first-order valence-electron chi connectivity index (χ1n) is 7.50. The lowest BCUT2D eigenvalue weighted by atomic mass is 9.71. The Morgan fingerprint density at radius 2 is 1.83 bits per heavy atom. The van der Waals surface area contributed by atoms with Gasteiger partial charge in [0.15, 0.2) is 9.84 Å². The van der Waals surface area contributed by atoms with Crippen molar-refractivity contribution in [2.75, 3.05) is 18.1 Å². The topological polar surface area (TPSA) is 46.2 Å². The van der Waals surface area contributed by atoms with E-state index in [-0.39, 0.29) is 0 Å². The van der Waals surface area contributed by atoms with Crippen molar-refractivity contribution in [2.45, 2.75) is 44.6 Å². The van der Waals surface area contributed by atoms with E-state index in [9.17, 15) is 8.42 Å². The maximum Gasteiger partial charge on any atom is 0.150 e. The summed E-state index contributed by atoms with van der Waals surface area (Å²) in [5.41, 5.74) is 0.333. The highest BCUT2D eigenvalue weighted by atomic mass is 32.2. The van der Waals surface area contributed by atoms with E-state index < -0.39 is 9.84 Å². The van der Waals surface area contributed by atoms with Crippen LogP contribution in [-0.2, 0) is 9.84 Å². The largest absolute Gasteiger partial charge is 0.313 e. The Kier molecular flexibility index (Phi) is 2.42. The normalized spacial score (nSPS) is 49.2. The van der Waals surface area contributed by atoms with Gasteiger partial charge in [0.1, 0.15) is 0 Å². The molecule has 0 radical (unpaired) electrons. The zero-order chi connectivity index (χ0) is 12.4. The molecule has 0 bridgehead atoms. The lowest BCUT2D eigenvalue weighted by Gasteiger charge is -2.37. The second-order valence-electron chi connectivity index (χ2n) is 7.28. The average molecular weight is 269 g/mol. The fraction of sp³-hybridized carbons (Fsp3) is 1.00. The predicted molar refractivity (Wildman–Crippen MR) is 71.0 cm³/mol. The van der Waals surface area contributed by atoms with Gasteiger partial charge in [0.2, 0.25) is 0 Å². The molecule has 1 saturated heterocycles. The third-order valence-corrected chi connectivity index (χ3v) is 7.59. The minimum Gasteiger partial charge on any atom is -0.313 e. The van der Waals surface area contributed by atoms with Crippen LogP contribution in [0.3, 0.4) is 0 Å². The second kappa shape index (κ2) is 3.72. The standard InChI is InChI=1S/C14H23NO2S/c16-18(17)4-3-12(8-18)14(9-15-13-1-2-13)6-10-5-11(10)7-14/h10-13,15H,1-9H2. The predicted octanol–water partition coefficient (Wildman–Crippen LogP) is 1.59. The molecule has 0 aromatic rings. The lowest BCUT2D eigenvalue weighted by molar-refractivity contribution is 0.157. The van der Waals surface area contributed by atoms with Gasteiger partial charge < -0.3 is 5.32 Å². The minimum absolute atomic E-state index is 0.333. The molecule has 0 aromatic carbocycles. The Balaban J connectivity index is 1.51. The van der Waals surface area contributed by atoms with E-state index in [0.29, 0.717) is 22.8 Å². The average Bonchev–Trinajstić information content (AvgIpc) is 3.21. The molecule has 4 fully saturated rings. The van der Waals surface area contributed by atoms with Crippen molar-refractivity contribution < 1.29 is 8.42 Å². The molecule has 4 rings (SSSR count). The van der Waals surface area contributed by atoms with E-state index in [0.717, 1.165) is 30.8 Å². The van der Waals surface area contributed by atoms with E-state index in [1.165, 1.54) is 32.1 Å². The van der Waals surface area contributed by atoms with Crippen molar-refractivity contribution in [1.29, 1.82) is 0 Å². The molecule has 1 heterocycles. The van der Waals surface area contributed by atoms with E-state index in [1.54, 1.807) is 0 Å². The van der Waals surface area contributed by atoms with Gasteiger partial charge in [0, 0.05) is 12.6 Å². The first-order valence-corrected chi connectivity index (χ1v) is 9.32. The van der Waals surface area contributed by atoms with Crippen LogP contribution in [0.5, 0.6) is 0 Å². The molecule has 3 atom stereocenters. The van der Waals surface area contributed by atoms with Gasteiger partial charge in [0.05, 0.1) is 11.5 Å². The van der Waals surface area contributed by atoms with Crippen molar-refractivity contribution in [2.24, 2.45) is 23.2 Å². The van der Waals surface area contributed by atoms with Crippen LogP contribution in [0.1, 0.15) is 38.5 Å². The van der Waals surface area contributed by atoms with Crippen LogP contribution in [0.2, 0.25) is 0 Å². The summed E-state index contributed by atoms with van der Waals surface area (Å²) >= 11 is 0. The monoisotopic (exact) mass is 269 g/mol. The zero-order valence-electron chi connectivity index (χ0n) is 10.9. The number of hydrogen-bond acceptors (Lipinski definition) is 3. The van der Waals surface area contributed by atoms with E-state index >= 15 is 0 Å². The van der Waals surface area contributed by atoms with Gasteiger partial charge in [-0.05, 0) is 61.7 Å². The van der Waals surface area contributed by atoms with Gasteiger partial charge in [-0.2, -0.15) is 0 Å². The molecule has 3 aliphatic carbocycles. The number of fused-ring (bicyclic) bond motifs is 1. The number of sulfone groups is 1. The molecule has 0 spiro atoms. The van der Waals surface area contributed by atoms with Crippen molar-refractivity contribution in [1.82, 2.24) is 5.32 Å². The Morgan fingerprint density at radius 3 is 2.39 bits per heavy atom. The van der Waals surface area contributed by atoms with Crippen molar-refractivity contribution in [3.8, 4) is 0 Å². The SMILES string of the molecule is O=S1(=O)CCC(C2(CNC3CC3)CC3CC3C2)C1. The number of rotatable bonds is 4. The van der Waals surface area contributed by atoms with Gasteiger partial charge in [0.25, 0.3) is 0 Å². The summed E-state index contributed by atoms with van der Waals surface area (Å²) in [6, 6.07) is 0.747. The van der Waals surface area contributed by atoms with Crippen LogP contribution >= 0.6 is 0 Å². The first kappa shape index (κ1) is 11.7. The Morgan fingerprint density at radius 1 is 1.11 bits per heavy atom. The molecule has 0 aromatic heterocycles. The second-order valence-corrected chi connectivity index (χ2v) is 9.51. The van der Waals surface area contributed by atoms with Gasteiger partial charge in [-0.1, -0.05) is 0 Å². The third kappa shape index (κ3) is 2.01. The summed E-state index contributed by atoms with van der Waals surface area (Å²) in [7, 11) is -2.72. The number of nitrogens with one attached hydrogen (secondary N) is 1. The minimum atomic E-state index is -2.72. The van der Waals surface area contributed by atoms with Crippen LogP contribution in [-0.4, -0.2) is 32.5 Å². The molecule has 3 unspecified atom stereocenters. The van der Waals surface area contributed by atoms with Crippen molar-refractivity contribution >= 4 is 9.84 Å². The van der Waals surface area contributed by atoms with Gasteiger partial charge >= 0.3 is 0 Å². The first-order chi connectivity index (χ1) is 8.56. The summed E-state index contributed by atoms with van der Waals surface area (Å²) in [4.78, 5) is 0. The summed E-state index contributed by atoms with van der Waals surface area (Å²) < 4.78 is 23.5. The molecule has 1 N–H and O–H groups in total. The van der Waals surface area contributed by atoms with Gasteiger partial charge in [-0.15, -0.1) is 0 Å². The van der Waals surface area contributed by atoms with Gasteiger partial charge in [-0.3, -0.25) is 0 Å². The van der Waals surface area contributed by atoms with E-state index in [4.69, 9.17) is 0 Å². The molecule has 1 aliphatic heterocycles. The maximum atomic E-state index is 11.8. The molecule has 102 valence electrons. The molecule has 0 amide bonds. The highest BCUT2D eigenvalue weighted by Crippen LogP contribution is 2.63. The van der Waals surface area contributed by atoms with E-state index in [2.05, 4.69) is 5.32 Å². The Bertz CT molecular complexity index is 444. The summed E-state index contributed by atoms with van der Waals surface area (Å²) in [6.45, 7) is 1.09. The molecule has 18 heavy (non-hydrogen) atoms. The van der Waals surface area contributed by atoms with Crippen LogP contribution in [0.4, 0.5) is 0 Å². The Hall–Kier alpha value is -0.0900. The smallest absolute Gasteiger partial charge is 0.150 e. The maximum absolute atomic E-state index is 11.8. The van der Waals surface area contributed by atoms with Crippen molar-refractivity contribution in [3.63, 3.8) is 0 Å². The zero-order valence-corrected chi connectivity index (χ0v) is 11.7. The summed E-state index contributed by atoms with van der Waals surface area (Å²) in [6.07, 6.45) is 7.60. The quantitative estimate of drug-likeness (QED) is 0.843. The van der Waals surface area contributed by atoms with Crippen LogP contribution in [0, 0.1) is 23.2 Å². The van der Waals surface area contributed by atoms with Crippen molar-refractivity contribution in [3.05, 3.63) is 0 Å². The summed E-state index contributed by atoms with van der Waals surface area (Å²) in [5.74, 6) is 3.24. The van der Waals surface area contributed by atoms with Gasteiger partial charge in [-0.25, -0.2) is 8.42 Å². The molecular weight excluding hydrogens is 246 g/mol. The molecular formula is C14H23NO2S. The fourth-order valence-corrected chi connectivity index (χ4v) is 6.42. The Labute approximate surface area is 110 Å². The molecule has 4 heteroatoms. The fourth-order valence-electron chi connectivity index (χ4n) is 4.47.